The highest BCUT2D eigenvalue weighted by Gasteiger charge is 2.47. The SMILES string of the molecule is CC(C)N1CC2CCC(C1)C2C(=O)N1CCCC1. The van der Waals surface area contributed by atoms with Gasteiger partial charge in [-0.2, -0.15) is 0 Å². The van der Waals surface area contributed by atoms with Gasteiger partial charge in [-0.05, 0) is 51.4 Å². The normalized spacial score (nSPS) is 36.6. The van der Waals surface area contributed by atoms with Crippen molar-refractivity contribution < 1.29 is 4.79 Å². The Hall–Kier alpha value is -0.570. The first-order chi connectivity index (χ1) is 8.66. The third-order valence-electron chi connectivity index (χ3n) is 5.30. The standard InChI is InChI=1S/C15H26N2O/c1-11(2)17-9-12-5-6-13(10-17)14(12)15(18)16-7-3-4-8-16/h11-14H,3-10H2,1-2H3. The third-order valence-corrected chi connectivity index (χ3v) is 5.30. The van der Waals surface area contributed by atoms with Crippen molar-refractivity contribution in [3.8, 4) is 0 Å². The Labute approximate surface area is 111 Å². The second-order valence-corrected chi connectivity index (χ2v) is 6.70. The molecule has 2 heterocycles. The molecular weight excluding hydrogens is 224 g/mol. The van der Waals surface area contributed by atoms with Gasteiger partial charge in [0.15, 0.2) is 0 Å². The van der Waals surface area contributed by atoms with Crippen LogP contribution in [0, 0.1) is 17.8 Å². The molecule has 0 spiro atoms. The molecule has 1 saturated carbocycles. The van der Waals surface area contributed by atoms with Crippen LogP contribution in [-0.4, -0.2) is 47.9 Å². The number of hydrogen-bond donors (Lipinski definition) is 0. The van der Waals surface area contributed by atoms with Gasteiger partial charge in [-0.15, -0.1) is 0 Å². The summed E-state index contributed by atoms with van der Waals surface area (Å²) < 4.78 is 0. The van der Waals surface area contributed by atoms with Crippen molar-refractivity contribution in [3.63, 3.8) is 0 Å². The molecule has 3 heteroatoms. The van der Waals surface area contributed by atoms with E-state index >= 15 is 0 Å². The van der Waals surface area contributed by atoms with Crippen molar-refractivity contribution in [1.29, 1.82) is 0 Å². The van der Waals surface area contributed by atoms with Gasteiger partial charge in [-0.3, -0.25) is 4.79 Å². The minimum atomic E-state index is 0.359. The maximum absolute atomic E-state index is 12.6. The fourth-order valence-electron chi connectivity index (χ4n) is 4.23. The molecule has 2 unspecified atom stereocenters. The molecule has 3 aliphatic rings. The van der Waals surface area contributed by atoms with Gasteiger partial charge in [-0.1, -0.05) is 0 Å². The van der Waals surface area contributed by atoms with Gasteiger partial charge in [0.1, 0.15) is 0 Å². The molecular formula is C15H26N2O. The first-order valence-electron chi connectivity index (χ1n) is 7.69. The lowest BCUT2D eigenvalue weighted by atomic mass is 9.83. The predicted molar refractivity (Wildman–Crippen MR) is 72.2 cm³/mol. The van der Waals surface area contributed by atoms with E-state index in [-0.39, 0.29) is 0 Å². The number of fused-ring (bicyclic) bond motifs is 2. The van der Waals surface area contributed by atoms with Crippen molar-refractivity contribution in [1.82, 2.24) is 9.80 Å². The Morgan fingerprint density at radius 3 is 2.11 bits per heavy atom. The smallest absolute Gasteiger partial charge is 0.226 e. The fraction of sp³-hybridized carbons (Fsp3) is 0.933. The first kappa shape index (κ1) is 12.5. The van der Waals surface area contributed by atoms with E-state index in [1.165, 1.54) is 25.7 Å². The van der Waals surface area contributed by atoms with Crippen LogP contribution in [0.15, 0.2) is 0 Å². The van der Waals surface area contributed by atoms with Crippen LogP contribution >= 0.6 is 0 Å². The molecule has 3 rings (SSSR count). The average Bonchev–Trinajstić information content (AvgIpc) is 2.95. The van der Waals surface area contributed by atoms with Crippen LogP contribution < -0.4 is 0 Å². The van der Waals surface area contributed by atoms with E-state index in [2.05, 4.69) is 23.6 Å². The summed E-state index contributed by atoms with van der Waals surface area (Å²) >= 11 is 0. The van der Waals surface area contributed by atoms with Crippen LogP contribution in [0.1, 0.15) is 39.5 Å². The molecule has 0 radical (unpaired) electrons. The van der Waals surface area contributed by atoms with Crippen LogP contribution in [0.2, 0.25) is 0 Å². The summed E-state index contributed by atoms with van der Waals surface area (Å²) in [5, 5.41) is 0. The summed E-state index contributed by atoms with van der Waals surface area (Å²) in [5.41, 5.74) is 0. The van der Waals surface area contributed by atoms with Crippen LogP contribution in [0.25, 0.3) is 0 Å². The van der Waals surface area contributed by atoms with Gasteiger partial charge in [0.2, 0.25) is 5.91 Å². The number of carbonyl (C=O) groups is 1. The Kier molecular flexibility index (Phi) is 3.35. The second kappa shape index (κ2) is 4.84. The summed E-state index contributed by atoms with van der Waals surface area (Å²) in [4.78, 5) is 17.4. The van der Waals surface area contributed by atoms with E-state index in [9.17, 15) is 4.79 Å². The van der Waals surface area contributed by atoms with Crippen LogP contribution in [0.5, 0.6) is 0 Å². The summed E-state index contributed by atoms with van der Waals surface area (Å²) in [5.74, 6) is 2.13. The van der Waals surface area contributed by atoms with Crippen molar-refractivity contribution >= 4 is 5.91 Å². The van der Waals surface area contributed by atoms with Gasteiger partial charge < -0.3 is 9.80 Å². The van der Waals surface area contributed by atoms with Crippen molar-refractivity contribution in [3.05, 3.63) is 0 Å². The molecule has 3 fully saturated rings. The highest BCUT2D eigenvalue weighted by molar-refractivity contribution is 5.80. The quantitative estimate of drug-likeness (QED) is 0.748. The third kappa shape index (κ3) is 2.07. The number of nitrogens with zero attached hydrogens (tertiary/aromatic N) is 2. The van der Waals surface area contributed by atoms with Crippen LogP contribution in [0.3, 0.4) is 0 Å². The van der Waals surface area contributed by atoms with E-state index < -0.39 is 0 Å². The first-order valence-corrected chi connectivity index (χ1v) is 7.69. The van der Waals surface area contributed by atoms with Crippen molar-refractivity contribution in [2.75, 3.05) is 26.2 Å². The molecule has 2 aliphatic heterocycles. The lowest BCUT2D eigenvalue weighted by Gasteiger charge is -2.40. The van der Waals surface area contributed by atoms with E-state index in [1.54, 1.807) is 0 Å². The van der Waals surface area contributed by atoms with Gasteiger partial charge in [0.25, 0.3) is 0 Å². The predicted octanol–water partition coefficient (Wildman–Crippen LogP) is 1.98. The molecule has 0 aromatic carbocycles. The van der Waals surface area contributed by atoms with Gasteiger partial charge in [-0.25, -0.2) is 0 Å². The molecule has 2 bridgehead atoms. The maximum Gasteiger partial charge on any atom is 0.226 e. The Morgan fingerprint density at radius 2 is 1.61 bits per heavy atom. The Morgan fingerprint density at radius 1 is 1.06 bits per heavy atom. The van der Waals surface area contributed by atoms with Crippen molar-refractivity contribution in [2.24, 2.45) is 17.8 Å². The average molecular weight is 250 g/mol. The fourth-order valence-corrected chi connectivity index (χ4v) is 4.23. The largest absolute Gasteiger partial charge is 0.342 e. The maximum atomic E-state index is 12.6. The summed E-state index contributed by atoms with van der Waals surface area (Å²) in [7, 11) is 0. The molecule has 1 aliphatic carbocycles. The minimum absolute atomic E-state index is 0.359. The highest BCUT2D eigenvalue weighted by atomic mass is 16.2. The number of piperidine rings is 1. The molecule has 2 saturated heterocycles. The van der Waals surface area contributed by atoms with Gasteiger partial charge >= 0.3 is 0 Å². The van der Waals surface area contributed by atoms with E-state index in [0.717, 1.165) is 26.2 Å². The molecule has 0 aromatic rings. The zero-order chi connectivity index (χ0) is 12.7. The molecule has 18 heavy (non-hydrogen) atoms. The molecule has 0 aromatic heterocycles. The number of hydrogen-bond acceptors (Lipinski definition) is 2. The number of rotatable bonds is 2. The summed E-state index contributed by atoms with van der Waals surface area (Å²) in [6.45, 7) is 8.90. The minimum Gasteiger partial charge on any atom is -0.342 e. The Balaban J connectivity index is 1.69. The molecule has 1 amide bonds. The van der Waals surface area contributed by atoms with E-state index in [4.69, 9.17) is 0 Å². The lowest BCUT2D eigenvalue weighted by molar-refractivity contribution is -0.139. The van der Waals surface area contributed by atoms with Crippen LogP contribution in [0.4, 0.5) is 0 Å². The monoisotopic (exact) mass is 250 g/mol. The van der Waals surface area contributed by atoms with Crippen molar-refractivity contribution in [2.45, 2.75) is 45.6 Å². The number of carbonyl (C=O) groups excluding carboxylic acids is 1. The van der Waals surface area contributed by atoms with Gasteiger partial charge in [0, 0.05) is 38.1 Å². The lowest BCUT2D eigenvalue weighted by Crippen LogP contribution is -2.50. The molecule has 3 nitrogen and oxygen atoms in total. The number of amides is 1. The molecule has 102 valence electrons. The van der Waals surface area contributed by atoms with Crippen LogP contribution in [-0.2, 0) is 4.79 Å². The topological polar surface area (TPSA) is 23.6 Å². The second-order valence-electron chi connectivity index (χ2n) is 6.70. The summed E-state index contributed by atoms with van der Waals surface area (Å²) in [6, 6.07) is 0.635. The Bertz CT molecular complexity index is 308. The summed E-state index contributed by atoms with van der Waals surface area (Å²) in [6.07, 6.45) is 4.98. The van der Waals surface area contributed by atoms with E-state index in [1.807, 2.05) is 0 Å². The molecule has 2 atom stereocenters. The zero-order valence-electron chi connectivity index (χ0n) is 11.8. The van der Waals surface area contributed by atoms with E-state index in [0.29, 0.717) is 29.7 Å². The van der Waals surface area contributed by atoms with Gasteiger partial charge in [0.05, 0.1) is 0 Å². The number of likely N-dealkylation sites (tertiary alicyclic amines) is 2. The highest BCUT2D eigenvalue weighted by Crippen LogP contribution is 2.43. The molecule has 0 N–H and O–H groups in total. The zero-order valence-corrected chi connectivity index (χ0v) is 11.8.